The summed E-state index contributed by atoms with van der Waals surface area (Å²) in [5, 5.41) is 30.0. The highest BCUT2D eigenvalue weighted by Crippen LogP contribution is 2.26. The highest BCUT2D eigenvalue weighted by Gasteiger charge is 2.10. The van der Waals surface area contributed by atoms with Crippen molar-refractivity contribution in [1.29, 1.82) is 0 Å². The van der Waals surface area contributed by atoms with Gasteiger partial charge in [-0.2, -0.15) is 5.10 Å². The molecule has 0 aliphatic heterocycles. The van der Waals surface area contributed by atoms with Gasteiger partial charge < -0.3 is 14.9 Å². The van der Waals surface area contributed by atoms with Gasteiger partial charge in [0.05, 0.1) is 19.0 Å². The molecule has 3 aromatic carbocycles. The van der Waals surface area contributed by atoms with Gasteiger partial charge in [-0.15, -0.1) is 16.4 Å². The molecule has 7 heteroatoms. The standard InChI is InChI=1S/C23H19N3O3S/c1-29-22-13-16(7-12-21(22)28)14-24-25-23-26(18-8-10-19(27)11-9-18)20(15-30-23)17-5-3-2-4-6-17/h2-15,27-28H,1H3/b24-14+,25-23?. The zero-order valence-corrected chi connectivity index (χ0v) is 17.0. The Balaban J connectivity index is 1.78. The van der Waals surface area contributed by atoms with E-state index in [2.05, 4.69) is 10.2 Å². The summed E-state index contributed by atoms with van der Waals surface area (Å²) in [5.74, 6) is 0.650. The van der Waals surface area contributed by atoms with E-state index in [1.165, 1.54) is 18.4 Å². The first kappa shape index (κ1) is 19.5. The van der Waals surface area contributed by atoms with E-state index in [0.717, 1.165) is 22.5 Å². The third kappa shape index (κ3) is 4.11. The predicted molar refractivity (Wildman–Crippen MR) is 119 cm³/mol. The third-order valence-corrected chi connectivity index (χ3v) is 5.26. The molecular formula is C23H19N3O3S. The van der Waals surface area contributed by atoms with Crippen LogP contribution >= 0.6 is 11.3 Å². The summed E-state index contributed by atoms with van der Waals surface area (Å²) in [6, 6.07) is 21.9. The Bertz CT molecular complexity index is 1240. The van der Waals surface area contributed by atoms with Gasteiger partial charge in [0.15, 0.2) is 11.5 Å². The number of rotatable bonds is 5. The van der Waals surface area contributed by atoms with E-state index in [9.17, 15) is 10.2 Å². The number of thiazole rings is 1. The first-order chi connectivity index (χ1) is 14.7. The smallest absolute Gasteiger partial charge is 0.215 e. The number of aromatic hydroxyl groups is 2. The largest absolute Gasteiger partial charge is 0.508 e. The number of aromatic nitrogens is 1. The maximum Gasteiger partial charge on any atom is 0.215 e. The van der Waals surface area contributed by atoms with E-state index >= 15 is 0 Å². The molecule has 0 bridgehead atoms. The Morgan fingerprint density at radius 1 is 0.967 bits per heavy atom. The molecule has 1 heterocycles. The second-order valence-electron chi connectivity index (χ2n) is 6.40. The number of benzene rings is 3. The summed E-state index contributed by atoms with van der Waals surface area (Å²) in [6.07, 6.45) is 1.60. The van der Waals surface area contributed by atoms with E-state index in [1.54, 1.807) is 36.5 Å². The fourth-order valence-electron chi connectivity index (χ4n) is 2.96. The van der Waals surface area contributed by atoms with Crippen LogP contribution < -0.4 is 9.54 Å². The molecule has 0 fully saturated rings. The van der Waals surface area contributed by atoms with Gasteiger partial charge >= 0.3 is 0 Å². The predicted octanol–water partition coefficient (Wildman–Crippen LogP) is 4.56. The van der Waals surface area contributed by atoms with E-state index in [4.69, 9.17) is 4.74 Å². The molecule has 2 N–H and O–H groups in total. The van der Waals surface area contributed by atoms with Crippen molar-refractivity contribution < 1.29 is 14.9 Å². The molecule has 0 unspecified atom stereocenters. The molecule has 150 valence electrons. The van der Waals surface area contributed by atoms with Gasteiger partial charge in [-0.1, -0.05) is 30.3 Å². The quantitative estimate of drug-likeness (QED) is 0.369. The minimum Gasteiger partial charge on any atom is -0.508 e. The molecule has 0 aliphatic rings. The highest BCUT2D eigenvalue weighted by atomic mass is 32.1. The van der Waals surface area contributed by atoms with Gasteiger partial charge in [-0.05, 0) is 53.6 Å². The van der Waals surface area contributed by atoms with Crippen molar-refractivity contribution >= 4 is 17.6 Å². The van der Waals surface area contributed by atoms with Crippen LogP contribution in [0.1, 0.15) is 5.56 Å². The number of hydrogen-bond donors (Lipinski definition) is 2. The van der Waals surface area contributed by atoms with Crippen molar-refractivity contribution in [3.63, 3.8) is 0 Å². The molecular weight excluding hydrogens is 398 g/mol. The van der Waals surface area contributed by atoms with Crippen molar-refractivity contribution in [3.8, 4) is 34.2 Å². The Hall–Kier alpha value is -3.84. The van der Waals surface area contributed by atoms with Gasteiger partial charge in [-0.25, -0.2) is 0 Å². The van der Waals surface area contributed by atoms with Crippen LogP contribution in [0.3, 0.4) is 0 Å². The average molecular weight is 417 g/mol. The fourth-order valence-corrected chi connectivity index (χ4v) is 3.82. The lowest BCUT2D eigenvalue weighted by atomic mass is 10.1. The molecule has 6 nitrogen and oxygen atoms in total. The van der Waals surface area contributed by atoms with Crippen LogP contribution in [0.15, 0.2) is 88.4 Å². The van der Waals surface area contributed by atoms with Crippen LogP contribution in [0, 0.1) is 0 Å². The van der Waals surface area contributed by atoms with Crippen LogP contribution in [-0.4, -0.2) is 28.1 Å². The molecule has 0 saturated heterocycles. The zero-order chi connectivity index (χ0) is 20.9. The van der Waals surface area contributed by atoms with Crippen molar-refractivity contribution in [3.05, 3.63) is 88.5 Å². The maximum absolute atomic E-state index is 9.72. The molecule has 1 aromatic heterocycles. The van der Waals surface area contributed by atoms with Crippen molar-refractivity contribution in [2.24, 2.45) is 10.2 Å². The third-order valence-electron chi connectivity index (χ3n) is 4.44. The van der Waals surface area contributed by atoms with Crippen molar-refractivity contribution in [2.75, 3.05) is 7.11 Å². The SMILES string of the molecule is COc1cc(/C=N/N=c2scc(-c3ccccc3)n2-c2ccc(O)cc2)ccc1O. The molecule has 30 heavy (non-hydrogen) atoms. The fraction of sp³-hybridized carbons (Fsp3) is 0.0435. The first-order valence-corrected chi connectivity index (χ1v) is 10.0. The Labute approximate surface area is 177 Å². The molecule has 4 rings (SSSR count). The number of hydrogen-bond acceptors (Lipinski definition) is 6. The van der Waals surface area contributed by atoms with Gasteiger partial charge in [0.25, 0.3) is 0 Å². The molecule has 4 aromatic rings. The van der Waals surface area contributed by atoms with Crippen LogP contribution in [0.25, 0.3) is 16.9 Å². The van der Waals surface area contributed by atoms with Gasteiger partial charge in [0.1, 0.15) is 5.75 Å². The Morgan fingerprint density at radius 2 is 1.73 bits per heavy atom. The van der Waals surface area contributed by atoms with Crippen LogP contribution in [0.4, 0.5) is 0 Å². The summed E-state index contributed by atoms with van der Waals surface area (Å²) >= 11 is 1.47. The van der Waals surface area contributed by atoms with E-state index in [1.807, 2.05) is 52.4 Å². The summed E-state index contributed by atoms with van der Waals surface area (Å²) in [7, 11) is 1.50. The van der Waals surface area contributed by atoms with Crippen LogP contribution in [0.2, 0.25) is 0 Å². The van der Waals surface area contributed by atoms with Crippen molar-refractivity contribution in [2.45, 2.75) is 0 Å². The second kappa shape index (κ2) is 8.67. The van der Waals surface area contributed by atoms with Crippen LogP contribution in [-0.2, 0) is 0 Å². The monoisotopic (exact) mass is 417 g/mol. The number of methoxy groups -OCH3 is 1. The lowest BCUT2D eigenvalue weighted by molar-refractivity contribution is 0.373. The summed E-state index contributed by atoms with van der Waals surface area (Å²) in [5.41, 5.74) is 3.65. The number of ether oxygens (including phenoxy) is 1. The summed E-state index contributed by atoms with van der Waals surface area (Å²) < 4.78 is 7.12. The Kier molecular flexibility index (Phi) is 5.63. The first-order valence-electron chi connectivity index (χ1n) is 9.15. The van der Waals surface area contributed by atoms with Crippen LogP contribution in [0.5, 0.6) is 17.2 Å². The number of phenols is 2. The summed E-state index contributed by atoms with van der Waals surface area (Å²) in [4.78, 5) is 0.682. The lowest BCUT2D eigenvalue weighted by Crippen LogP contribution is -2.13. The van der Waals surface area contributed by atoms with Gasteiger partial charge in [0, 0.05) is 11.1 Å². The average Bonchev–Trinajstić information content (AvgIpc) is 3.20. The van der Waals surface area contributed by atoms with Gasteiger partial charge in [0.2, 0.25) is 4.80 Å². The Morgan fingerprint density at radius 3 is 2.47 bits per heavy atom. The zero-order valence-electron chi connectivity index (χ0n) is 16.1. The molecule has 0 saturated carbocycles. The number of nitrogens with zero attached hydrogens (tertiary/aromatic N) is 3. The van der Waals surface area contributed by atoms with E-state index in [0.29, 0.717) is 10.6 Å². The maximum atomic E-state index is 9.72. The normalized spacial score (nSPS) is 11.8. The molecule has 0 radical (unpaired) electrons. The minimum absolute atomic E-state index is 0.0718. The van der Waals surface area contributed by atoms with Crippen molar-refractivity contribution in [1.82, 2.24) is 4.57 Å². The lowest BCUT2D eigenvalue weighted by Gasteiger charge is -2.09. The topological polar surface area (TPSA) is 79.3 Å². The minimum atomic E-state index is 0.0718. The van der Waals surface area contributed by atoms with Gasteiger partial charge in [-0.3, -0.25) is 4.57 Å². The molecule has 0 amide bonds. The summed E-state index contributed by atoms with van der Waals surface area (Å²) in [6.45, 7) is 0. The molecule has 0 atom stereocenters. The molecule has 0 spiro atoms. The van der Waals surface area contributed by atoms with E-state index < -0.39 is 0 Å². The number of phenolic OH excluding ortho intramolecular Hbond substituents is 2. The van der Waals surface area contributed by atoms with E-state index in [-0.39, 0.29) is 11.5 Å². The second-order valence-corrected chi connectivity index (χ2v) is 7.23. The molecule has 0 aliphatic carbocycles. The highest BCUT2D eigenvalue weighted by molar-refractivity contribution is 7.07.